The number of carbonyl (C=O) groups excluding carboxylic acids is 3. The number of ether oxygens (including phenoxy) is 1. The second-order valence-corrected chi connectivity index (χ2v) is 7.49. The van der Waals surface area contributed by atoms with Crippen molar-refractivity contribution in [2.24, 2.45) is 17.8 Å². The van der Waals surface area contributed by atoms with E-state index in [-0.39, 0.29) is 43.0 Å². The fourth-order valence-corrected chi connectivity index (χ4v) is 3.77. The zero-order chi connectivity index (χ0) is 20.8. The molecule has 8 nitrogen and oxygen atoms in total. The number of para-hydroxylation sites is 1. The first-order valence-corrected chi connectivity index (χ1v) is 9.38. The smallest absolute Gasteiger partial charge is 0.307 e. The first kappa shape index (κ1) is 21.5. The third-order valence-corrected chi connectivity index (χ3v) is 5.11. The van der Waals surface area contributed by atoms with Crippen molar-refractivity contribution in [3.63, 3.8) is 0 Å². The van der Waals surface area contributed by atoms with Crippen LogP contribution in [0.4, 0.5) is 5.69 Å². The predicted molar refractivity (Wildman–Crippen MR) is 102 cm³/mol. The third kappa shape index (κ3) is 5.37. The molecule has 0 unspecified atom stereocenters. The molecule has 1 aliphatic rings. The molecule has 152 valence electrons. The molecule has 1 aromatic carbocycles. The van der Waals surface area contributed by atoms with Crippen LogP contribution in [0.5, 0.6) is 0 Å². The van der Waals surface area contributed by atoms with Gasteiger partial charge >= 0.3 is 5.97 Å². The van der Waals surface area contributed by atoms with Crippen molar-refractivity contribution in [3.05, 3.63) is 40.4 Å². The molecular weight excluding hydrogens is 364 g/mol. The predicted octanol–water partition coefficient (Wildman–Crippen LogP) is 2.48. The van der Waals surface area contributed by atoms with Gasteiger partial charge in [0.05, 0.1) is 6.42 Å². The van der Waals surface area contributed by atoms with E-state index < -0.39 is 29.3 Å². The molecule has 0 N–H and O–H groups in total. The Labute approximate surface area is 164 Å². The summed E-state index contributed by atoms with van der Waals surface area (Å²) < 4.78 is 5.10. The van der Waals surface area contributed by atoms with Crippen LogP contribution in [0.15, 0.2) is 30.3 Å². The molecule has 1 fully saturated rings. The number of hydrogen-bond donors (Lipinski definition) is 0. The highest BCUT2D eigenvalue weighted by Crippen LogP contribution is 2.36. The highest BCUT2D eigenvalue weighted by Gasteiger charge is 2.44. The average molecular weight is 390 g/mol. The highest BCUT2D eigenvalue weighted by atomic mass is 16.6. The minimum absolute atomic E-state index is 0.129. The summed E-state index contributed by atoms with van der Waals surface area (Å²) >= 11 is 0. The molecule has 1 amide bonds. The minimum Gasteiger partial charge on any atom is -0.456 e. The van der Waals surface area contributed by atoms with Gasteiger partial charge in [0, 0.05) is 34.9 Å². The number of carbonyl (C=O) groups is 3. The SMILES string of the molecule is CC(C)N(C(=O)COC(=O)C[C@H]1C(=O)C[C@@H](C)[C@H]1C[N+](=O)[O-])c1ccccc1. The van der Waals surface area contributed by atoms with Gasteiger partial charge in [-0.2, -0.15) is 0 Å². The number of rotatable bonds is 8. The largest absolute Gasteiger partial charge is 0.456 e. The Hall–Kier alpha value is -2.77. The van der Waals surface area contributed by atoms with E-state index >= 15 is 0 Å². The van der Waals surface area contributed by atoms with Crippen molar-refractivity contribution >= 4 is 23.3 Å². The molecule has 1 aromatic rings. The average Bonchev–Trinajstić information content (AvgIpc) is 2.87. The second-order valence-electron chi connectivity index (χ2n) is 7.49. The number of nitrogens with zero attached hydrogens (tertiary/aromatic N) is 2. The number of nitro groups is 1. The molecule has 0 aliphatic heterocycles. The van der Waals surface area contributed by atoms with Crippen molar-refractivity contribution in [2.45, 2.75) is 39.7 Å². The van der Waals surface area contributed by atoms with E-state index in [0.717, 1.165) is 0 Å². The molecule has 1 saturated carbocycles. The minimum atomic E-state index is -0.724. The van der Waals surface area contributed by atoms with Crippen molar-refractivity contribution in [2.75, 3.05) is 18.1 Å². The van der Waals surface area contributed by atoms with E-state index in [1.807, 2.05) is 32.0 Å². The van der Waals surface area contributed by atoms with Gasteiger partial charge in [0.25, 0.3) is 5.91 Å². The zero-order valence-corrected chi connectivity index (χ0v) is 16.4. The number of amides is 1. The zero-order valence-electron chi connectivity index (χ0n) is 16.4. The van der Waals surface area contributed by atoms with Crippen LogP contribution in [0.1, 0.15) is 33.6 Å². The van der Waals surface area contributed by atoms with Crippen molar-refractivity contribution < 1.29 is 24.0 Å². The van der Waals surface area contributed by atoms with Crippen LogP contribution in [0.3, 0.4) is 0 Å². The van der Waals surface area contributed by atoms with Gasteiger partial charge in [0.15, 0.2) is 6.61 Å². The van der Waals surface area contributed by atoms with Crippen LogP contribution in [0.2, 0.25) is 0 Å². The number of anilines is 1. The number of esters is 1. The van der Waals surface area contributed by atoms with Gasteiger partial charge in [-0.1, -0.05) is 25.1 Å². The molecule has 3 atom stereocenters. The molecule has 0 heterocycles. The first-order valence-electron chi connectivity index (χ1n) is 9.38. The van der Waals surface area contributed by atoms with Crippen LogP contribution in [-0.2, 0) is 19.1 Å². The molecule has 8 heteroatoms. The summed E-state index contributed by atoms with van der Waals surface area (Å²) in [7, 11) is 0. The van der Waals surface area contributed by atoms with Gasteiger partial charge in [0.2, 0.25) is 6.54 Å². The number of benzene rings is 1. The maximum absolute atomic E-state index is 12.5. The Morgan fingerprint density at radius 1 is 1.29 bits per heavy atom. The molecule has 1 aliphatic carbocycles. The van der Waals surface area contributed by atoms with Gasteiger partial charge in [-0.05, 0) is 31.9 Å². The Kier molecular flexibility index (Phi) is 7.25. The summed E-state index contributed by atoms with van der Waals surface area (Å²) in [5, 5.41) is 10.9. The van der Waals surface area contributed by atoms with E-state index in [4.69, 9.17) is 4.74 Å². The first-order chi connectivity index (χ1) is 13.2. The Morgan fingerprint density at radius 3 is 2.50 bits per heavy atom. The van der Waals surface area contributed by atoms with E-state index in [2.05, 4.69) is 0 Å². The van der Waals surface area contributed by atoms with Crippen molar-refractivity contribution in [3.8, 4) is 0 Å². The maximum atomic E-state index is 12.5. The van der Waals surface area contributed by atoms with Crippen molar-refractivity contribution in [1.82, 2.24) is 0 Å². The maximum Gasteiger partial charge on any atom is 0.307 e. The van der Waals surface area contributed by atoms with Gasteiger partial charge in [0.1, 0.15) is 5.78 Å². The molecule has 0 radical (unpaired) electrons. The van der Waals surface area contributed by atoms with E-state index in [1.54, 1.807) is 19.1 Å². The molecule has 0 spiro atoms. The summed E-state index contributed by atoms with van der Waals surface area (Å²) in [6.45, 7) is 4.70. The monoisotopic (exact) mass is 390 g/mol. The molecule has 2 rings (SSSR count). The summed E-state index contributed by atoms with van der Waals surface area (Å²) in [5.74, 6) is -2.57. The molecule has 0 bridgehead atoms. The molecule has 0 aromatic heterocycles. The van der Waals surface area contributed by atoms with Gasteiger partial charge in [-0.25, -0.2) is 0 Å². The quantitative estimate of drug-likeness (QED) is 0.383. The van der Waals surface area contributed by atoms with Crippen LogP contribution < -0.4 is 4.90 Å². The summed E-state index contributed by atoms with van der Waals surface area (Å²) in [4.78, 5) is 48.8. The highest BCUT2D eigenvalue weighted by molar-refractivity contribution is 5.96. The Bertz CT molecular complexity index is 733. The fraction of sp³-hybridized carbons (Fsp3) is 0.550. The number of ketones is 1. The Morgan fingerprint density at radius 2 is 1.93 bits per heavy atom. The van der Waals surface area contributed by atoms with Crippen LogP contribution in [0.25, 0.3) is 0 Å². The lowest BCUT2D eigenvalue weighted by molar-refractivity contribution is -0.490. The summed E-state index contributed by atoms with van der Waals surface area (Å²) in [6.07, 6.45) is -0.00745. The van der Waals surface area contributed by atoms with E-state index in [0.29, 0.717) is 5.69 Å². The standard InChI is InChI=1S/C20H26N2O6/c1-13(2)22(15-7-5-4-6-8-15)19(24)12-28-20(25)10-16-17(11-21(26)27)14(3)9-18(16)23/h4-8,13-14,16-17H,9-12H2,1-3H3/t14-,16-,17-/m1/s1. The summed E-state index contributed by atoms with van der Waals surface area (Å²) in [6, 6.07) is 8.92. The van der Waals surface area contributed by atoms with Crippen molar-refractivity contribution in [1.29, 1.82) is 0 Å². The normalized spacial score (nSPS) is 21.6. The Balaban J connectivity index is 1.96. The van der Waals surface area contributed by atoms with Crippen LogP contribution >= 0.6 is 0 Å². The second kappa shape index (κ2) is 9.43. The lowest BCUT2D eigenvalue weighted by Gasteiger charge is -2.26. The number of hydrogen-bond acceptors (Lipinski definition) is 6. The van der Waals surface area contributed by atoms with Gasteiger partial charge in [-0.15, -0.1) is 0 Å². The number of Topliss-reactive ketones (excluding diaryl/α,β-unsaturated/α-hetero) is 1. The molecule has 0 saturated heterocycles. The molecule has 28 heavy (non-hydrogen) atoms. The van der Waals surface area contributed by atoms with E-state index in [9.17, 15) is 24.5 Å². The summed E-state index contributed by atoms with van der Waals surface area (Å²) in [5.41, 5.74) is 0.699. The lowest BCUT2D eigenvalue weighted by atomic mass is 9.88. The van der Waals surface area contributed by atoms with Gasteiger partial charge in [-0.3, -0.25) is 24.5 Å². The lowest BCUT2D eigenvalue weighted by Crippen LogP contribution is -2.40. The van der Waals surface area contributed by atoms with Gasteiger partial charge < -0.3 is 9.64 Å². The van der Waals surface area contributed by atoms with Crippen LogP contribution in [-0.4, -0.2) is 41.8 Å². The van der Waals surface area contributed by atoms with E-state index in [1.165, 1.54) is 4.90 Å². The molecular formula is C20H26N2O6. The topological polar surface area (TPSA) is 107 Å². The van der Waals surface area contributed by atoms with Crippen LogP contribution in [0, 0.1) is 27.9 Å². The fourth-order valence-electron chi connectivity index (χ4n) is 3.77. The third-order valence-electron chi connectivity index (χ3n) is 5.11.